The normalized spacial score (nSPS) is 23.3. The van der Waals surface area contributed by atoms with Gasteiger partial charge in [0.05, 0.1) is 6.04 Å². The van der Waals surface area contributed by atoms with Crippen molar-refractivity contribution in [3.63, 3.8) is 0 Å². The Kier molecular flexibility index (Phi) is 3.11. The third kappa shape index (κ3) is 2.35. The Bertz CT molecular complexity index is 610. The molecule has 100 valence electrons. The lowest BCUT2D eigenvalue weighted by Crippen LogP contribution is -2.40. The molecule has 1 heterocycles. The first-order valence-corrected chi connectivity index (χ1v) is 6.58. The highest BCUT2D eigenvalue weighted by molar-refractivity contribution is 6.01. The number of rotatable bonds is 2. The molecule has 0 aromatic heterocycles. The second-order valence-corrected chi connectivity index (χ2v) is 4.93. The molecule has 1 aliphatic heterocycles. The van der Waals surface area contributed by atoms with E-state index in [1.165, 1.54) is 0 Å². The van der Waals surface area contributed by atoms with Gasteiger partial charge in [-0.05, 0) is 36.4 Å². The highest BCUT2D eigenvalue weighted by atomic mass is 16.5. The number of allylic oxidation sites excluding steroid dienone is 2. The smallest absolute Gasteiger partial charge is 0.217 e. The Balaban J connectivity index is 1.98. The molecule has 3 heteroatoms. The Morgan fingerprint density at radius 3 is 2.60 bits per heavy atom. The van der Waals surface area contributed by atoms with E-state index in [1.807, 2.05) is 48.6 Å². The quantitative estimate of drug-likeness (QED) is 0.771. The standard InChI is InChI=1S/C17H15NO2/c1-2-14-12-17(10-8-15(19)9-11-17)20-16(18-14)13-6-4-3-5-7-13/h2-11,14H,1,12H2/t14-/m1/s1. The molecule has 0 fully saturated rings. The first-order valence-electron chi connectivity index (χ1n) is 6.58. The summed E-state index contributed by atoms with van der Waals surface area (Å²) in [6, 6.07) is 9.73. The van der Waals surface area contributed by atoms with Gasteiger partial charge in [-0.2, -0.15) is 0 Å². The van der Waals surface area contributed by atoms with E-state index in [0.717, 1.165) is 5.56 Å². The Morgan fingerprint density at radius 2 is 1.95 bits per heavy atom. The number of hydrogen-bond donors (Lipinski definition) is 0. The summed E-state index contributed by atoms with van der Waals surface area (Å²) in [6.45, 7) is 3.83. The molecule has 1 aromatic carbocycles. The molecular weight excluding hydrogens is 250 g/mol. The monoisotopic (exact) mass is 265 g/mol. The van der Waals surface area contributed by atoms with E-state index in [4.69, 9.17) is 4.74 Å². The van der Waals surface area contributed by atoms with E-state index in [9.17, 15) is 4.79 Å². The third-order valence-electron chi connectivity index (χ3n) is 3.45. The van der Waals surface area contributed by atoms with Gasteiger partial charge in [0.25, 0.3) is 0 Å². The molecule has 3 rings (SSSR count). The molecule has 2 aliphatic rings. The van der Waals surface area contributed by atoms with E-state index in [0.29, 0.717) is 12.3 Å². The van der Waals surface area contributed by atoms with Gasteiger partial charge in [0.15, 0.2) is 11.4 Å². The molecule has 0 unspecified atom stereocenters. The number of ether oxygens (including phenoxy) is 1. The van der Waals surface area contributed by atoms with Crippen LogP contribution < -0.4 is 0 Å². The number of hydrogen-bond acceptors (Lipinski definition) is 3. The maximum absolute atomic E-state index is 11.3. The summed E-state index contributed by atoms with van der Waals surface area (Å²) in [7, 11) is 0. The van der Waals surface area contributed by atoms with Crippen LogP contribution in [-0.2, 0) is 9.53 Å². The second-order valence-electron chi connectivity index (χ2n) is 4.93. The van der Waals surface area contributed by atoms with Crippen LogP contribution in [0.2, 0.25) is 0 Å². The first kappa shape index (κ1) is 12.6. The van der Waals surface area contributed by atoms with Crippen LogP contribution in [0.15, 0.2) is 72.3 Å². The maximum atomic E-state index is 11.3. The fourth-order valence-corrected chi connectivity index (χ4v) is 2.38. The zero-order valence-electron chi connectivity index (χ0n) is 11.0. The van der Waals surface area contributed by atoms with Crippen molar-refractivity contribution in [1.29, 1.82) is 0 Å². The van der Waals surface area contributed by atoms with E-state index in [-0.39, 0.29) is 11.8 Å². The minimum Gasteiger partial charge on any atom is -0.462 e. The number of ketones is 1. The van der Waals surface area contributed by atoms with Crippen LogP contribution in [0.1, 0.15) is 12.0 Å². The van der Waals surface area contributed by atoms with Crippen molar-refractivity contribution in [2.45, 2.75) is 18.1 Å². The lowest BCUT2D eigenvalue weighted by molar-refractivity contribution is -0.110. The van der Waals surface area contributed by atoms with Gasteiger partial charge in [-0.3, -0.25) is 4.79 Å². The summed E-state index contributed by atoms with van der Waals surface area (Å²) in [6.07, 6.45) is 9.19. The molecule has 20 heavy (non-hydrogen) atoms. The fourth-order valence-electron chi connectivity index (χ4n) is 2.38. The molecule has 3 nitrogen and oxygen atoms in total. The van der Waals surface area contributed by atoms with E-state index in [1.54, 1.807) is 12.2 Å². The summed E-state index contributed by atoms with van der Waals surface area (Å²) < 4.78 is 6.06. The van der Waals surface area contributed by atoms with Crippen molar-refractivity contribution in [2.24, 2.45) is 4.99 Å². The van der Waals surface area contributed by atoms with Gasteiger partial charge in [-0.15, -0.1) is 6.58 Å². The SMILES string of the molecule is C=C[C@@H]1CC2(C=CC(=O)C=C2)OC(c2ccccc2)=N1. The largest absolute Gasteiger partial charge is 0.462 e. The molecular formula is C17H15NO2. The summed E-state index contributed by atoms with van der Waals surface area (Å²) in [5.74, 6) is 0.573. The summed E-state index contributed by atoms with van der Waals surface area (Å²) in [5.41, 5.74) is 0.330. The minimum absolute atomic E-state index is 0.0156. The molecule has 0 amide bonds. The zero-order valence-corrected chi connectivity index (χ0v) is 11.0. The second kappa shape index (κ2) is 4.93. The van der Waals surface area contributed by atoms with Crippen molar-refractivity contribution < 1.29 is 9.53 Å². The van der Waals surface area contributed by atoms with Gasteiger partial charge in [0, 0.05) is 12.0 Å². The van der Waals surface area contributed by atoms with Crippen LogP contribution >= 0.6 is 0 Å². The van der Waals surface area contributed by atoms with E-state index < -0.39 is 5.60 Å². The van der Waals surface area contributed by atoms with Gasteiger partial charge >= 0.3 is 0 Å². The molecule has 0 bridgehead atoms. The van der Waals surface area contributed by atoms with Gasteiger partial charge in [0.2, 0.25) is 5.90 Å². The van der Waals surface area contributed by atoms with Crippen molar-refractivity contribution in [2.75, 3.05) is 0 Å². The van der Waals surface area contributed by atoms with Gasteiger partial charge < -0.3 is 4.74 Å². The van der Waals surface area contributed by atoms with Crippen LogP contribution in [0.4, 0.5) is 0 Å². The summed E-state index contributed by atoms with van der Waals surface area (Å²) in [4.78, 5) is 15.9. The van der Waals surface area contributed by atoms with Crippen LogP contribution in [0.3, 0.4) is 0 Å². The van der Waals surface area contributed by atoms with E-state index >= 15 is 0 Å². The van der Waals surface area contributed by atoms with Gasteiger partial charge in [-0.25, -0.2) is 4.99 Å². The zero-order chi connectivity index (χ0) is 14.0. The molecule has 1 spiro atoms. The topological polar surface area (TPSA) is 38.7 Å². The average Bonchev–Trinajstić information content (AvgIpc) is 2.51. The lowest BCUT2D eigenvalue weighted by atomic mass is 9.89. The Morgan fingerprint density at radius 1 is 1.25 bits per heavy atom. The Labute approximate surface area is 118 Å². The minimum atomic E-state index is -0.598. The highest BCUT2D eigenvalue weighted by Gasteiger charge is 2.36. The third-order valence-corrected chi connectivity index (χ3v) is 3.45. The summed E-state index contributed by atoms with van der Waals surface area (Å²) >= 11 is 0. The van der Waals surface area contributed by atoms with Crippen molar-refractivity contribution in [1.82, 2.24) is 0 Å². The number of aliphatic imine (C=N–C) groups is 1. The fraction of sp³-hybridized carbons (Fsp3) is 0.176. The van der Waals surface area contributed by atoms with E-state index in [2.05, 4.69) is 11.6 Å². The maximum Gasteiger partial charge on any atom is 0.217 e. The molecule has 1 aliphatic carbocycles. The van der Waals surface area contributed by atoms with Crippen LogP contribution in [0, 0.1) is 0 Å². The van der Waals surface area contributed by atoms with Gasteiger partial charge in [-0.1, -0.05) is 24.3 Å². The Hall–Kier alpha value is -2.42. The molecule has 0 saturated heterocycles. The van der Waals surface area contributed by atoms with Gasteiger partial charge in [0.1, 0.15) is 0 Å². The number of nitrogens with zero attached hydrogens (tertiary/aromatic N) is 1. The first-order chi connectivity index (χ1) is 9.71. The molecule has 0 saturated carbocycles. The van der Waals surface area contributed by atoms with Crippen LogP contribution in [0.25, 0.3) is 0 Å². The lowest BCUT2D eigenvalue weighted by Gasteiger charge is -2.36. The van der Waals surface area contributed by atoms with Crippen LogP contribution in [-0.4, -0.2) is 23.3 Å². The molecule has 0 N–H and O–H groups in total. The average molecular weight is 265 g/mol. The summed E-state index contributed by atoms with van der Waals surface area (Å²) in [5, 5.41) is 0. The number of carbonyl (C=O) groups is 1. The number of benzene rings is 1. The van der Waals surface area contributed by atoms with Crippen molar-refractivity contribution in [3.05, 3.63) is 72.9 Å². The van der Waals surface area contributed by atoms with Crippen LogP contribution in [0.5, 0.6) is 0 Å². The van der Waals surface area contributed by atoms with Crippen molar-refractivity contribution in [3.8, 4) is 0 Å². The highest BCUT2D eigenvalue weighted by Crippen LogP contribution is 2.32. The molecule has 1 atom stereocenters. The molecule has 0 radical (unpaired) electrons. The van der Waals surface area contributed by atoms with Crippen molar-refractivity contribution >= 4 is 11.7 Å². The predicted molar refractivity (Wildman–Crippen MR) is 78.7 cm³/mol. The predicted octanol–water partition coefficient (Wildman–Crippen LogP) is 2.84. The molecule has 1 aromatic rings. The number of carbonyl (C=O) groups excluding carboxylic acids is 1.